The van der Waals surface area contributed by atoms with Crippen LogP contribution in [-0.2, 0) is 10.0 Å². The summed E-state index contributed by atoms with van der Waals surface area (Å²) in [7, 11) is -3.64. The Morgan fingerprint density at radius 2 is 1.80 bits per heavy atom. The number of hydrogen-bond acceptors (Lipinski definition) is 4. The van der Waals surface area contributed by atoms with Gasteiger partial charge in [-0.2, -0.15) is 0 Å². The zero-order valence-electron chi connectivity index (χ0n) is 11.4. The van der Waals surface area contributed by atoms with Crippen molar-refractivity contribution in [3.05, 3.63) is 53.7 Å². The van der Waals surface area contributed by atoms with E-state index in [9.17, 15) is 8.42 Å². The van der Waals surface area contributed by atoms with Crippen LogP contribution >= 0.6 is 0 Å². The molecule has 1 aromatic carbocycles. The normalized spacial score (nSPS) is 12.9. The summed E-state index contributed by atoms with van der Waals surface area (Å²) >= 11 is 0. The molecule has 3 N–H and O–H groups in total. The third kappa shape index (κ3) is 3.55. The van der Waals surface area contributed by atoms with Crippen molar-refractivity contribution in [1.82, 2.24) is 4.98 Å². The number of pyridine rings is 1. The first-order chi connectivity index (χ1) is 9.36. The smallest absolute Gasteiger partial charge is 0.238 e. The molecule has 6 heteroatoms. The van der Waals surface area contributed by atoms with Crippen LogP contribution in [0.1, 0.15) is 24.2 Å². The molecule has 0 fully saturated rings. The highest BCUT2D eigenvalue weighted by atomic mass is 32.2. The molecule has 0 aliphatic carbocycles. The number of sulfonamides is 1. The second kappa shape index (κ2) is 5.60. The number of rotatable bonds is 4. The van der Waals surface area contributed by atoms with E-state index in [4.69, 9.17) is 5.14 Å². The lowest BCUT2D eigenvalue weighted by molar-refractivity contribution is 0.597. The van der Waals surface area contributed by atoms with Crippen LogP contribution in [0.15, 0.2) is 47.4 Å². The van der Waals surface area contributed by atoms with Crippen LogP contribution < -0.4 is 10.5 Å². The van der Waals surface area contributed by atoms with Gasteiger partial charge in [-0.15, -0.1) is 0 Å². The number of primary sulfonamides is 1. The van der Waals surface area contributed by atoms with Crippen molar-refractivity contribution in [2.24, 2.45) is 5.14 Å². The maximum atomic E-state index is 11.2. The number of benzene rings is 1. The first kappa shape index (κ1) is 14.5. The van der Waals surface area contributed by atoms with Gasteiger partial charge in [0.05, 0.1) is 4.90 Å². The fraction of sp³-hybridized carbons (Fsp3) is 0.214. The quantitative estimate of drug-likeness (QED) is 0.904. The molecule has 1 aromatic heterocycles. The highest BCUT2D eigenvalue weighted by Gasteiger charge is 2.10. The predicted molar refractivity (Wildman–Crippen MR) is 78.8 cm³/mol. The number of hydrogen-bond donors (Lipinski definition) is 2. The van der Waals surface area contributed by atoms with E-state index in [0.717, 1.165) is 17.1 Å². The number of aryl methyl sites for hydroxylation is 1. The van der Waals surface area contributed by atoms with Crippen LogP contribution in [0.25, 0.3) is 0 Å². The standard InChI is InChI=1S/C14H17N3O2S/c1-10-4-3-5-14(16-10)17-11(2)12-6-8-13(9-7-12)20(15,18)19/h3-9,11H,1-2H3,(H,16,17)(H2,15,18,19)/t11-/m0/s1. The van der Waals surface area contributed by atoms with Gasteiger partial charge in [0.2, 0.25) is 10.0 Å². The SMILES string of the molecule is Cc1cccc(N[C@@H](C)c2ccc(S(N)(=O)=O)cc2)n1. The Morgan fingerprint density at radius 1 is 1.15 bits per heavy atom. The van der Waals surface area contributed by atoms with Gasteiger partial charge < -0.3 is 5.32 Å². The third-order valence-electron chi connectivity index (χ3n) is 2.96. The largest absolute Gasteiger partial charge is 0.364 e. The predicted octanol–water partition coefficient (Wildman–Crippen LogP) is 2.21. The van der Waals surface area contributed by atoms with E-state index in [1.807, 2.05) is 32.0 Å². The van der Waals surface area contributed by atoms with Crippen LogP contribution in [0.2, 0.25) is 0 Å². The van der Waals surface area contributed by atoms with E-state index >= 15 is 0 Å². The summed E-state index contributed by atoms with van der Waals surface area (Å²) in [5.74, 6) is 0.785. The molecule has 0 aliphatic heterocycles. The van der Waals surface area contributed by atoms with Gasteiger partial charge in [0.15, 0.2) is 0 Å². The molecule has 20 heavy (non-hydrogen) atoms. The maximum absolute atomic E-state index is 11.2. The molecule has 0 aliphatic rings. The van der Waals surface area contributed by atoms with E-state index in [1.165, 1.54) is 12.1 Å². The van der Waals surface area contributed by atoms with Crippen LogP contribution in [-0.4, -0.2) is 13.4 Å². The van der Waals surface area contributed by atoms with Crippen molar-refractivity contribution in [3.8, 4) is 0 Å². The minimum absolute atomic E-state index is 0.0128. The zero-order valence-corrected chi connectivity index (χ0v) is 12.2. The molecule has 1 atom stereocenters. The minimum Gasteiger partial charge on any atom is -0.364 e. The van der Waals surface area contributed by atoms with Crippen LogP contribution in [0.5, 0.6) is 0 Å². The van der Waals surface area contributed by atoms with Crippen molar-refractivity contribution in [2.45, 2.75) is 24.8 Å². The Kier molecular flexibility index (Phi) is 4.06. The van der Waals surface area contributed by atoms with E-state index in [-0.39, 0.29) is 10.9 Å². The number of nitrogens with two attached hydrogens (primary N) is 1. The summed E-state index contributed by atoms with van der Waals surface area (Å²) in [6.45, 7) is 3.91. The van der Waals surface area contributed by atoms with Crippen molar-refractivity contribution >= 4 is 15.8 Å². The topological polar surface area (TPSA) is 85.1 Å². The van der Waals surface area contributed by atoms with E-state index in [1.54, 1.807) is 12.1 Å². The van der Waals surface area contributed by atoms with Crippen LogP contribution in [0.4, 0.5) is 5.82 Å². The average molecular weight is 291 g/mol. The summed E-state index contributed by atoms with van der Waals surface area (Å²) in [6.07, 6.45) is 0. The molecule has 1 heterocycles. The average Bonchev–Trinajstić information content (AvgIpc) is 2.38. The molecule has 5 nitrogen and oxygen atoms in total. The Labute approximate surface area is 118 Å². The molecule has 0 unspecified atom stereocenters. The minimum atomic E-state index is -3.64. The Bertz CT molecular complexity index is 697. The van der Waals surface area contributed by atoms with Gasteiger partial charge in [-0.25, -0.2) is 18.5 Å². The fourth-order valence-electron chi connectivity index (χ4n) is 1.87. The van der Waals surface area contributed by atoms with Crippen molar-refractivity contribution in [2.75, 3.05) is 5.32 Å². The van der Waals surface area contributed by atoms with Crippen molar-refractivity contribution in [1.29, 1.82) is 0 Å². The lowest BCUT2D eigenvalue weighted by Crippen LogP contribution is -2.13. The van der Waals surface area contributed by atoms with Gasteiger partial charge in [-0.3, -0.25) is 0 Å². The van der Waals surface area contributed by atoms with Gasteiger partial charge in [0.25, 0.3) is 0 Å². The van der Waals surface area contributed by atoms with Gasteiger partial charge in [-0.1, -0.05) is 18.2 Å². The molecule has 2 aromatic rings. The lowest BCUT2D eigenvalue weighted by Gasteiger charge is -2.15. The second-order valence-electron chi connectivity index (χ2n) is 4.64. The summed E-state index contributed by atoms with van der Waals surface area (Å²) in [5, 5.41) is 8.34. The van der Waals surface area contributed by atoms with Gasteiger partial charge >= 0.3 is 0 Å². The molecule has 2 rings (SSSR count). The van der Waals surface area contributed by atoms with E-state index in [0.29, 0.717) is 0 Å². The third-order valence-corrected chi connectivity index (χ3v) is 3.89. The first-order valence-corrected chi connectivity index (χ1v) is 7.74. The first-order valence-electron chi connectivity index (χ1n) is 6.19. The number of aromatic nitrogens is 1. The fourth-order valence-corrected chi connectivity index (χ4v) is 2.39. The summed E-state index contributed by atoms with van der Waals surface area (Å²) in [6, 6.07) is 12.3. The Morgan fingerprint density at radius 3 is 2.35 bits per heavy atom. The molecule has 0 spiro atoms. The molecule has 0 amide bonds. The van der Waals surface area contributed by atoms with Crippen LogP contribution in [0.3, 0.4) is 0 Å². The number of nitrogens with one attached hydrogen (secondary N) is 1. The lowest BCUT2D eigenvalue weighted by atomic mass is 10.1. The maximum Gasteiger partial charge on any atom is 0.238 e. The van der Waals surface area contributed by atoms with Gasteiger partial charge in [-0.05, 0) is 43.7 Å². The second-order valence-corrected chi connectivity index (χ2v) is 6.21. The Hall–Kier alpha value is -1.92. The van der Waals surface area contributed by atoms with E-state index in [2.05, 4.69) is 10.3 Å². The molecule has 106 valence electrons. The molecule has 0 radical (unpaired) electrons. The van der Waals surface area contributed by atoms with Gasteiger partial charge in [0.1, 0.15) is 5.82 Å². The summed E-state index contributed by atoms with van der Waals surface area (Å²) in [4.78, 5) is 4.48. The van der Waals surface area contributed by atoms with Gasteiger partial charge in [0, 0.05) is 11.7 Å². The number of nitrogens with zero attached hydrogens (tertiary/aromatic N) is 1. The number of anilines is 1. The summed E-state index contributed by atoms with van der Waals surface area (Å²) in [5.41, 5.74) is 1.90. The molecule has 0 saturated heterocycles. The highest BCUT2D eigenvalue weighted by Crippen LogP contribution is 2.19. The molecular formula is C14H17N3O2S. The molecular weight excluding hydrogens is 274 g/mol. The Balaban J connectivity index is 2.15. The molecule has 0 bridgehead atoms. The molecule has 0 saturated carbocycles. The van der Waals surface area contributed by atoms with Crippen molar-refractivity contribution < 1.29 is 8.42 Å². The highest BCUT2D eigenvalue weighted by molar-refractivity contribution is 7.89. The zero-order chi connectivity index (χ0) is 14.8. The van der Waals surface area contributed by atoms with Crippen LogP contribution in [0, 0.1) is 6.92 Å². The monoisotopic (exact) mass is 291 g/mol. The van der Waals surface area contributed by atoms with Crippen molar-refractivity contribution in [3.63, 3.8) is 0 Å². The van der Waals surface area contributed by atoms with E-state index < -0.39 is 10.0 Å². The summed E-state index contributed by atoms with van der Waals surface area (Å²) < 4.78 is 22.4.